The lowest BCUT2D eigenvalue weighted by Crippen LogP contribution is -2.33. The molecular weight excluding hydrogens is 130 g/mol. The van der Waals surface area contributed by atoms with E-state index in [-0.39, 0.29) is 6.04 Å². The summed E-state index contributed by atoms with van der Waals surface area (Å²) in [6, 6.07) is 0.145. The zero-order valence-corrected chi connectivity index (χ0v) is 6.52. The van der Waals surface area contributed by atoms with Crippen LogP contribution in [0.3, 0.4) is 0 Å². The van der Waals surface area contributed by atoms with E-state index >= 15 is 0 Å². The molecule has 0 spiro atoms. The van der Waals surface area contributed by atoms with Crippen LogP contribution in [0.2, 0.25) is 0 Å². The first-order valence-corrected chi connectivity index (χ1v) is 3.58. The van der Waals surface area contributed by atoms with Gasteiger partial charge in [0.15, 0.2) is 6.61 Å². The van der Waals surface area contributed by atoms with E-state index in [0.717, 1.165) is 12.8 Å². The molecule has 0 heterocycles. The molecule has 0 bridgehead atoms. The number of carbonyl (C=O) groups is 1. The standard InChI is InChI=1S/C7H14NO2/c1-3-4-6(2)8-7(10)5-9/h6H,3-5H2,1-2H3,(H,8,10). The minimum Gasteiger partial charge on any atom is -0.352 e. The van der Waals surface area contributed by atoms with Gasteiger partial charge in [-0.25, -0.2) is 5.11 Å². The first-order chi connectivity index (χ1) is 4.70. The van der Waals surface area contributed by atoms with Crippen molar-refractivity contribution in [3.05, 3.63) is 0 Å². The van der Waals surface area contributed by atoms with Gasteiger partial charge < -0.3 is 5.32 Å². The number of nitrogens with one attached hydrogen (secondary N) is 1. The van der Waals surface area contributed by atoms with Gasteiger partial charge in [0, 0.05) is 6.04 Å². The van der Waals surface area contributed by atoms with Crippen molar-refractivity contribution < 1.29 is 9.90 Å². The van der Waals surface area contributed by atoms with Crippen molar-refractivity contribution >= 4 is 5.91 Å². The highest BCUT2D eigenvalue weighted by Gasteiger charge is 2.03. The first kappa shape index (κ1) is 9.43. The Balaban J connectivity index is 3.37. The van der Waals surface area contributed by atoms with Gasteiger partial charge in [0.25, 0.3) is 0 Å². The van der Waals surface area contributed by atoms with Crippen LogP contribution in [-0.4, -0.2) is 18.6 Å². The van der Waals surface area contributed by atoms with Crippen LogP contribution in [-0.2, 0) is 9.90 Å². The molecule has 1 atom stereocenters. The molecule has 1 amide bonds. The SMILES string of the molecule is CCCC(C)NC(=O)C[O]. The van der Waals surface area contributed by atoms with E-state index in [1.807, 2.05) is 13.8 Å². The molecule has 0 fully saturated rings. The Bertz CT molecular complexity index is 104. The summed E-state index contributed by atoms with van der Waals surface area (Å²) in [5.74, 6) is -0.402. The fourth-order valence-electron chi connectivity index (χ4n) is 0.822. The highest BCUT2D eigenvalue weighted by Crippen LogP contribution is 1.93. The molecule has 59 valence electrons. The molecule has 1 unspecified atom stereocenters. The Kier molecular flexibility index (Phi) is 4.94. The van der Waals surface area contributed by atoms with Crippen molar-refractivity contribution in [3.8, 4) is 0 Å². The molecule has 0 aromatic heterocycles. The number of carbonyl (C=O) groups excluding carboxylic acids is 1. The van der Waals surface area contributed by atoms with E-state index in [9.17, 15) is 9.90 Å². The van der Waals surface area contributed by atoms with Gasteiger partial charge in [0.2, 0.25) is 5.91 Å². The molecule has 0 aliphatic carbocycles. The van der Waals surface area contributed by atoms with Crippen LogP contribution >= 0.6 is 0 Å². The fourth-order valence-corrected chi connectivity index (χ4v) is 0.822. The molecule has 0 aliphatic rings. The van der Waals surface area contributed by atoms with E-state index in [2.05, 4.69) is 5.32 Å². The summed E-state index contributed by atoms with van der Waals surface area (Å²) in [6.07, 6.45) is 1.96. The van der Waals surface area contributed by atoms with Crippen molar-refractivity contribution in [3.63, 3.8) is 0 Å². The van der Waals surface area contributed by atoms with Crippen molar-refractivity contribution in [1.82, 2.24) is 5.32 Å². The van der Waals surface area contributed by atoms with Crippen LogP contribution < -0.4 is 5.32 Å². The van der Waals surface area contributed by atoms with E-state index in [1.165, 1.54) is 0 Å². The van der Waals surface area contributed by atoms with Crippen LogP contribution in [0.1, 0.15) is 26.7 Å². The zero-order valence-electron chi connectivity index (χ0n) is 6.52. The topological polar surface area (TPSA) is 49.0 Å². The third-order valence-corrected chi connectivity index (χ3v) is 1.26. The molecule has 10 heavy (non-hydrogen) atoms. The summed E-state index contributed by atoms with van der Waals surface area (Å²) in [6.45, 7) is 3.28. The Labute approximate surface area is 61.4 Å². The number of hydrogen-bond donors (Lipinski definition) is 1. The molecule has 3 heteroatoms. The van der Waals surface area contributed by atoms with E-state index < -0.39 is 12.5 Å². The predicted octanol–water partition coefficient (Wildman–Crippen LogP) is 0.722. The monoisotopic (exact) mass is 144 g/mol. The normalized spacial score (nSPS) is 12.7. The molecule has 1 radical (unpaired) electrons. The lowest BCUT2D eigenvalue weighted by molar-refractivity contribution is -0.126. The highest BCUT2D eigenvalue weighted by atomic mass is 16.3. The largest absolute Gasteiger partial charge is 0.352 e. The lowest BCUT2D eigenvalue weighted by atomic mass is 10.2. The summed E-state index contributed by atoms with van der Waals surface area (Å²) >= 11 is 0. The molecule has 0 aromatic rings. The van der Waals surface area contributed by atoms with Crippen molar-refractivity contribution in [2.24, 2.45) is 0 Å². The van der Waals surface area contributed by atoms with Gasteiger partial charge >= 0.3 is 0 Å². The number of amides is 1. The van der Waals surface area contributed by atoms with Crippen LogP contribution in [0.15, 0.2) is 0 Å². The summed E-state index contributed by atoms with van der Waals surface area (Å²) < 4.78 is 0. The van der Waals surface area contributed by atoms with Crippen LogP contribution in [0.5, 0.6) is 0 Å². The van der Waals surface area contributed by atoms with Crippen LogP contribution in [0.4, 0.5) is 0 Å². The maximum absolute atomic E-state index is 10.5. The molecule has 0 aromatic carbocycles. The molecule has 0 saturated carbocycles. The van der Waals surface area contributed by atoms with E-state index in [4.69, 9.17) is 0 Å². The van der Waals surface area contributed by atoms with Gasteiger partial charge in [-0.15, -0.1) is 0 Å². The minimum atomic E-state index is -0.659. The quantitative estimate of drug-likeness (QED) is 0.621. The van der Waals surface area contributed by atoms with Gasteiger partial charge in [-0.1, -0.05) is 13.3 Å². The van der Waals surface area contributed by atoms with Gasteiger partial charge in [-0.2, -0.15) is 0 Å². The van der Waals surface area contributed by atoms with Crippen molar-refractivity contribution in [2.75, 3.05) is 6.61 Å². The first-order valence-electron chi connectivity index (χ1n) is 3.58. The second-order valence-electron chi connectivity index (χ2n) is 2.40. The Morgan fingerprint density at radius 2 is 2.20 bits per heavy atom. The van der Waals surface area contributed by atoms with Crippen molar-refractivity contribution in [1.29, 1.82) is 0 Å². The van der Waals surface area contributed by atoms with Gasteiger partial charge in [-0.05, 0) is 13.3 Å². The Hall–Kier alpha value is -0.570. The highest BCUT2D eigenvalue weighted by molar-refractivity contribution is 5.77. The maximum atomic E-state index is 10.5. The maximum Gasteiger partial charge on any atom is 0.249 e. The van der Waals surface area contributed by atoms with Gasteiger partial charge in [0.05, 0.1) is 0 Å². The molecule has 3 nitrogen and oxygen atoms in total. The van der Waals surface area contributed by atoms with Gasteiger partial charge in [-0.3, -0.25) is 4.79 Å². The Morgan fingerprint density at radius 1 is 1.60 bits per heavy atom. The second-order valence-corrected chi connectivity index (χ2v) is 2.40. The van der Waals surface area contributed by atoms with Gasteiger partial charge in [0.1, 0.15) is 0 Å². The number of hydrogen-bond acceptors (Lipinski definition) is 1. The molecular formula is C7H14NO2. The van der Waals surface area contributed by atoms with Crippen LogP contribution in [0, 0.1) is 0 Å². The summed E-state index contributed by atoms with van der Waals surface area (Å²) in [4.78, 5) is 10.5. The molecule has 0 saturated heterocycles. The third-order valence-electron chi connectivity index (χ3n) is 1.26. The number of rotatable bonds is 4. The lowest BCUT2D eigenvalue weighted by Gasteiger charge is -2.10. The summed E-state index contributed by atoms with van der Waals surface area (Å²) in [5, 5.41) is 12.5. The molecule has 0 aliphatic heterocycles. The smallest absolute Gasteiger partial charge is 0.249 e. The zero-order chi connectivity index (χ0) is 7.98. The average molecular weight is 144 g/mol. The predicted molar refractivity (Wildman–Crippen MR) is 38.1 cm³/mol. The summed E-state index contributed by atoms with van der Waals surface area (Å²) in [5.41, 5.74) is 0. The van der Waals surface area contributed by atoms with Crippen molar-refractivity contribution in [2.45, 2.75) is 32.7 Å². The fraction of sp³-hybridized carbons (Fsp3) is 0.857. The second kappa shape index (κ2) is 5.23. The third kappa shape index (κ3) is 4.32. The van der Waals surface area contributed by atoms with Crippen LogP contribution in [0.25, 0.3) is 0 Å². The van der Waals surface area contributed by atoms with E-state index in [1.54, 1.807) is 0 Å². The minimum absolute atomic E-state index is 0.145. The average Bonchev–Trinajstić information content (AvgIpc) is 1.88. The molecule has 1 N–H and O–H groups in total. The Morgan fingerprint density at radius 3 is 2.60 bits per heavy atom. The summed E-state index contributed by atoms with van der Waals surface area (Å²) in [7, 11) is 0. The van der Waals surface area contributed by atoms with E-state index in [0.29, 0.717) is 0 Å². The molecule has 0 rings (SSSR count).